The standard InChI is InChI=1S/C28H50N2O5Si2/c1-19(2)37(20(3)4,21(5)6)35-27-15-25-24(14-26(27)33-7)28(32)30-17-23(31)13-22(30)16-29(25)18-34-11-12-36(8,9)10/h14-15,19-23,31H,11-13,16-18H2,1-10H3/t22-,23+/m0/s1. The van der Waals surface area contributed by atoms with Crippen LogP contribution in [0, 0.1) is 0 Å². The first-order valence-corrected chi connectivity index (χ1v) is 19.8. The van der Waals surface area contributed by atoms with Crippen molar-refractivity contribution in [3.63, 3.8) is 0 Å². The van der Waals surface area contributed by atoms with E-state index in [2.05, 4.69) is 66.1 Å². The maximum atomic E-state index is 13.7. The topological polar surface area (TPSA) is 71.5 Å². The van der Waals surface area contributed by atoms with Crippen LogP contribution in [-0.2, 0) is 4.74 Å². The molecule has 1 aromatic carbocycles. The Kier molecular flexibility index (Phi) is 9.46. The summed E-state index contributed by atoms with van der Waals surface area (Å²) in [6.45, 7) is 22.7. The summed E-state index contributed by atoms with van der Waals surface area (Å²) in [6, 6.07) is 4.89. The van der Waals surface area contributed by atoms with Gasteiger partial charge < -0.3 is 28.8 Å². The van der Waals surface area contributed by atoms with Crippen LogP contribution in [0.2, 0.25) is 42.3 Å². The molecule has 210 valence electrons. The Labute approximate surface area is 226 Å². The summed E-state index contributed by atoms with van der Waals surface area (Å²) in [5.74, 6) is 1.24. The molecule has 1 fully saturated rings. The third-order valence-corrected chi connectivity index (χ3v) is 15.9. The first-order valence-electron chi connectivity index (χ1n) is 13.9. The second-order valence-electron chi connectivity index (χ2n) is 13.0. The molecule has 1 N–H and O–H groups in total. The van der Waals surface area contributed by atoms with Gasteiger partial charge in [0.1, 0.15) is 12.5 Å². The van der Waals surface area contributed by atoms with E-state index in [0.717, 1.165) is 11.7 Å². The molecule has 0 spiro atoms. The molecule has 2 aliphatic heterocycles. The van der Waals surface area contributed by atoms with Crippen molar-refractivity contribution in [1.82, 2.24) is 4.90 Å². The van der Waals surface area contributed by atoms with Gasteiger partial charge in [-0.3, -0.25) is 4.79 Å². The number of benzene rings is 1. The Hall–Kier alpha value is -1.56. The zero-order valence-corrected chi connectivity index (χ0v) is 26.8. The molecule has 0 saturated carbocycles. The SMILES string of the molecule is COc1cc2c(cc1O[Si](C(C)C)(C(C)C)C(C)C)N(COCC[Si](C)(C)C)C[C@@H]1C[C@@H](O)CN1C2=O. The van der Waals surface area contributed by atoms with Crippen LogP contribution in [0.5, 0.6) is 11.5 Å². The van der Waals surface area contributed by atoms with Crippen molar-refractivity contribution in [3.8, 4) is 11.5 Å². The number of nitrogens with zero attached hydrogens (tertiary/aromatic N) is 2. The van der Waals surface area contributed by atoms with Crippen molar-refractivity contribution in [2.45, 2.75) is 102 Å². The Morgan fingerprint density at radius 2 is 1.62 bits per heavy atom. The number of methoxy groups -OCH3 is 1. The van der Waals surface area contributed by atoms with E-state index in [-0.39, 0.29) is 11.9 Å². The Bertz CT molecular complexity index is 925. The molecule has 1 saturated heterocycles. The fourth-order valence-corrected chi connectivity index (χ4v) is 12.3. The highest BCUT2D eigenvalue weighted by atomic mass is 28.4. The van der Waals surface area contributed by atoms with E-state index < -0.39 is 22.5 Å². The van der Waals surface area contributed by atoms with Gasteiger partial charge in [0.25, 0.3) is 14.2 Å². The van der Waals surface area contributed by atoms with E-state index in [4.69, 9.17) is 13.9 Å². The molecule has 2 atom stereocenters. The minimum Gasteiger partial charge on any atom is -0.540 e. The van der Waals surface area contributed by atoms with Gasteiger partial charge in [0.05, 0.1) is 30.5 Å². The first kappa shape index (κ1) is 30.0. The van der Waals surface area contributed by atoms with Gasteiger partial charge in [-0.25, -0.2) is 0 Å². The van der Waals surface area contributed by atoms with Crippen molar-refractivity contribution in [2.24, 2.45) is 0 Å². The number of anilines is 1. The zero-order valence-electron chi connectivity index (χ0n) is 24.8. The van der Waals surface area contributed by atoms with Gasteiger partial charge in [0.15, 0.2) is 5.75 Å². The number of carbonyl (C=O) groups excluding carboxylic acids is 1. The molecule has 9 heteroatoms. The van der Waals surface area contributed by atoms with Gasteiger partial charge in [-0.2, -0.15) is 0 Å². The van der Waals surface area contributed by atoms with Crippen molar-refractivity contribution >= 4 is 28.0 Å². The minimum absolute atomic E-state index is 0.0543. The molecule has 1 amide bonds. The van der Waals surface area contributed by atoms with E-state index in [1.807, 2.05) is 17.0 Å². The molecular formula is C28H50N2O5Si2. The first-order chi connectivity index (χ1) is 17.2. The summed E-state index contributed by atoms with van der Waals surface area (Å²) < 4.78 is 19.1. The fraction of sp³-hybridized carbons (Fsp3) is 0.750. The number of aliphatic hydroxyl groups excluding tert-OH is 1. The molecule has 0 aliphatic carbocycles. The van der Waals surface area contributed by atoms with Crippen molar-refractivity contribution in [3.05, 3.63) is 17.7 Å². The van der Waals surface area contributed by atoms with Crippen LogP contribution in [0.4, 0.5) is 5.69 Å². The minimum atomic E-state index is -2.25. The summed E-state index contributed by atoms with van der Waals surface area (Å²) in [6.07, 6.45) is 0.0831. The molecule has 0 bridgehead atoms. The van der Waals surface area contributed by atoms with Crippen LogP contribution in [0.3, 0.4) is 0 Å². The van der Waals surface area contributed by atoms with Crippen LogP contribution in [0.25, 0.3) is 0 Å². The fourth-order valence-electron chi connectivity index (χ4n) is 6.26. The Morgan fingerprint density at radius 3 is 2.16 bits per heavy atom. The normalized spacial score (nSPS) is 20.5. The van der Waals surface area contributed by atoms with E-state index in [1.165, 1.54) is 0 Å². The summed E-state index contributed by atoms with van der Waals surface area (Å²) in [7, 11) is -1.83. The van der Waals surface area contributed by atoms with Gasteiger partial charge in [0.2, 0.25) is 0 Å². The van der Waals surface area contributed by atoms with Crippen molar-refractivity contribution in [2.75, 3.05) is 38.4 Å². The van der Waals surface area contributed by atoms with Crippen LogP contribution in [0.1, 0.15) is 58.3 Å². The third-order valence-electron chi connectivity index (χ3n) is 8.17. The Morgan fingerprint density at radius 1 is 1.00 bits per heavy atom. The van der Waals surface area contributed by atoms with Crippen molar-refractivity contribution < 1.29 is 23.8 Å². The van der Waals surface area contributed by atoms with E-state index >= 15 is 0 Å². The number of hydrogen-bond acceptors (Lipinski definition) is 6. The monoisotopic (exact) mass is 550 g/mol. The van der Waals surface area contributed by atoms with Gasteiger partial charge in [-0.1, -0.05) is 61.2 Å². The molecule has 37 heavy (non-hydrogen) atoms. The largest absolute Gasteiger partial charge is 0.540 e. The van der Waals surface area contributed by atoms with Crippen LogP contribution >= 0.6 is 0 Å². The van der Waals surface area contributed by atoms with Gasteiger partial charge in [-0.15, -0.1) is 0 Å². The summed E-state index contributed by atoms with van der Waals surface area (Å²) in [4.78, 5) is 17.7. The number of hydrogen-bond donors (Lipinski definition) is 1. The second kappa shape index (κ2) is 11.7. The molecule has 2 heterocycles. The molecule has 2 aliphatic rings. The second-order valence-corrected chi connectivity index (χ2v) is 24.0. The highest BCUT2D eigenvalue weighted by molar-refractivity contribution is 6.78. The number of aliphatic hydroxyl groups is 1. The molecule has 3 rings (SSSR count). The van der Waals surface area contributed by atoms with E-state index in [0.29, 0.717) is 66.5 Å². The summed E-state index contributed by atoms with van der Waals surface area (Å²) in [5.41, 5.74) is 2.64. The lowest BCUT2D eigenvalue weighted by molar-refractivity contribution is 0.0723. The summed E-state index contributed by atoms with van der Waals surface area (Å²) >= 11 is 0. The van der Waals surface area contributed by atoms with E-state index in [9.17, 15) is 9.90 Å². The molecule has 1 aromatic rings. The molecular weight excluding hydrogens is 500 g/mol. The molecule has 7 nitrogen and oxygen atoms in total. The lowest BCUT2D eigenvalue weighted by Gasteiger charge is -2.42. The molecule has 0 aromatic heterocycles. The van der Waals surface area contributed by atoms with Crippen LogP contribution in [-0.4, -0.2) is 78.0 Å². The highest BCUT2D eigenvalue weighted by Gasteiger charge is 2.48. The molecule has 0 unspecified atom stereocenters. The number of fused-ring (bicyclic) bond motifs is 2. The lowest BCUT2D eigenvalue weighted by Crippen LogP contribution is -2.50. The average molecular weight is 551 g/mol. The van der Waals surface area contributed by atoms with Crippen LogP contribution < -0.4 is 14.1 Å². The molecule has 0 radical (unpaired) electrons. The van der Waals surface area contributed by atoms with Crippen molar-refractivity contribution in [1.29, 1.82) is 0 Å². The predicted octanol–water partition coefficient (Wildman–Crippen LogP) is 5.96. The van der Waals surface area contributed by atoms with E-state index in [1.54, 1.807) is 7.11 Å². The number of amides is 1. The lowest BCUT2D eigenvalue weighted by atomic mass is 10.1. The quantitative estimate of drug-likeness (QED) is 0.271. The highest BCUT2D eigenvalue weighted by Crippen LogP contribution is 2.47. The van der Waals surface area contributed by atoms with Gasteiger partial charge in [0, 0.05) is 33.8 Å². The maximum absolute atomic E-state index is 13.7. The zero-order chi connectivity index (χ0) is 27.7. The number of rotatable bonds is 11. The predicted molar refractivity (Wildman–Crippen MR) is 156 cm³/mol. The Balaban J connectivity index is 2.06. The third kappa shape index (κ3) is 6.37. The van der Waals surface area contributed by atoms with Crippen LogP contribution in [0.15, 0.2) is 12.1 Å². The number of carbonyl (C=O) groups is 1. The van der Waals surface area contributed by atoms with Gasteiger partial charge >= 0.3 is 0 Å². The smallest absolute Gasteiger partial charge is 0.258 e. The maximum Gasteiger partial charge on any atom is 0.258 e. The average Bonchev–Trinajstić information content (AvgIpc) is 3.12. The van der Waals surface area contributed by atoms with Gasteiger partial charge in [-0.05, 0) is 35.2 Å². The number of ether oxygens (including phenoxy) is 2. The summed E-state index contributed by atoms with van der Waals surface area (Å²) in [5, 5.41) is 10.4.